The molecule has 5 atom stereocenters. The van der Waals surface area contributed by atoms with Crippen molar-refractivity contribution < 1.29 is 23.1 Å². The zero-order chi connectivity index (χ0) is 32.1. The molecule has 3 saturated carbocycles. The van der Waals surface area contributed by atoms with E-state index in [2.05, 4.69) is 16.0 Å². The molecule has 1 aliphatic heterocycles. The lowest BCUT2D eigenvalue weighted by Gasteiger charge is -2.37. The number of rotatable bonds is 8. The molecule has 4 aliphatic rings. The fourth-order valence-corrected chi connectivity index (χ4v) is 7.62. The van der Waals surface area contributed by atoms with E-state index in [0.29, 0.717) is 46.7 Å². The van der Waals surface area contributed by atoms with Crippen molar-refractivity contribution in [3.63, 3.8) is 0 Å². The van der Waals surface area contributed by atoms with E-state index in [4.69, 9.17) is 20.4 Å². The number of likely N-dealkylation sites (tertiary alicyclic amines) is 1. The van der Waals surface area contributed by atoms with E-state index in [-0.39, 0.29) is 18.0 Å². The molecule has 3 aromatic heterocycles. The summed E-state index contributed by atoms with van der Waals surface area (Å²) >= 11 is 0. The van der Waals surface area contributed by atoms with E-state index in [1.54, 1.807) is 14.0 Å². The van der Waals surface area contributed by atoms with Gasteiger partial charge in [-0.05, 0) is 81.2 Å². The van der Waals surface area contributed by atoms with Crippen LogP contribution in [-0.4, -0.2) is 67.5 Å². The summed E-state index contributed by atoms with van der Waals surface area (Å²) in [6.07, 6.45) is 4.87. The molecule has 46 heavy (non-hydrogen) atoms. The van der Waals surface area contributed by atoms with Gasteiger partial charge in [0.2, 0.25) is 5.91 Å². The minimum atomic E-state index is -2.92. The van der Waals surface area contributed by atoms with Gasteiger partial charge in [-0.1, -0.05) is 0 Å². The third-order valence-corrected chi connectivity index (χ3v) is 10.6. The number of aromatic nitrogens is 4. The van der Waals surface area contributed by atoms with E-state index in [9.17, 15) is 18.4 Å². The third-order valence-electron chi connectivity index (χ3n) is 10.6. The van der Waals surface area contributed by atoms with Crippen molar-refractivity contribution in [3.8, 4) is 17.3 Å². The van der Waals surface area contributed by atoms with Gasteiger partial charge in [-0.3, -0.25) is 9.59 Å². The molecule has 12 heteroatoms. The Balaban J connectivity index is 1.16. The average molecular weight is 632 g/mol. The number of halogens is 2. The number of aryl methyl sites for hydroxylation is 1. The number of carbonyl (C=O) groups excluding carboxylic acids is 2. The van der Waals surface area contributed by atoms with Crippen LogP contribution in [0.2, 0.25) is 0 Å². The monoisotopic (exact) mass is 631 g/mol. The summed E-state index contributed by atoms with van der Waals surface area (Å²) in [5, 5.41) is 3.63. The summed E-state index contributed by atoms with van der Waals surface area (Å²) in [6.45, 7) is 3.08. The molecule has 2 amide bonds. The van der Waals surface area contributed by atoms with Gasteiger partial charge in [0.15, 0.2) is 5.82 Å². The topological polar surface area (TPSA) is 120 Å². The molecule has 1 aromatic carbocycles. The molecule has 4 aromatic rings. The van der Waals surface area contributed by atoms with Crippen LogP contribution in [0.25, 0.3) is 33.6 Å². The molecule has 4 heterocycles. The maximum Gasteiger partial charge on any atom is 0.260 e. The molecule has 4 fully saturated rings. The number of ether oxygens (including phenoxy) is 1. The second-order valence-electron chi connectivity index (χ2n) is 13.9. The normalized spacial score (nSPS) is 25.7. The first-order valence-electron chi connectivity index (χ1n) is 16.3. The fraction of sp³-hybridized carbons (Fsp3) is 0.529. The highest BCUT2D eigenvalue weighted by molar-refractivity contribution is 6.00. The van der Waals surface area contributed by atoms with Gasteiger partial charge >= 0.3 is 0 Å². The Morgan fingerprint density at radius 2 is 1.93 bits per heavy atom. The number of carbonyl (C=O) groups is 2. The maximum absolute atomic E-state index is 13.8. The van der Waals surface area contributed by atoms with Crippen molar-refractivity contribution >= 4 is 33.9 Å². The number of piperidine rings is 1. The van der Waals surface area contributed by atoms with Gasteiger partial charge in [-0.25, -0.2) is 18.7 Å². The lowest BCUT2D eigenvalue weighted by atomic mass is 9.94. The Bertz CT molecular complexity index is 1900. The Morgan fingerprint density at radius 1 is 1.15 bits per heavy atom. The number of benzene rings is 1. The minimum absolute atomic E-state index is 0.000468. The highest BCUT2D eigenvalue weighted by Gasteiger charge is 2.61. The van der Waals surface area contributed by atoms with Gasteiger partial charge in [0.1, 0.15) is 22.8 Å². The molecular formula is C34H39F2N7O3. The Labute approximate surface area is 265 Å². The Morgan fingerprint density at radius 3 is 2.65 bits per heavy atom. The van der Waals surface area contributed by atoms with Crippen LogP contribution in [0.1, 0.15) is 67.5 Å². The molecule has 10 nitrogen and oxygen atoms in total. The standard InChI is InChI=1S/C34H39F2N7O3/c1-17(38-32(44)23-14-34(23,35)36)25-9-7-20-12-27(43(30(20)39-25)15-18-4-5-18)31-40-26-11-21(13-28(46-3)29(26)41(31)2)33(45)42-16-24(37)19-6-8-22(42)10-19/h7,9,11-13,17-19,22-24H,4-6,8,10,14-16,37H2,1-3H3,(H,38,44)/t17-,19+,22-,23+,24+/m1/s1. The van der Waals surface area contributed by atoms with Gasteiger partial charge in [-0.2, -0.15) is 0 Å². The molecule has 3 aliphatic carbocycles. The summed E-state index contributed by atoms with van der Waals surface area (Å²) < 4.78 is 37.0. The van der Waals surface area contributed by atoms with E-state index in [1.807, 2.05) is 40.8 Å². The average Bonchev–Trinajstić information content (AvgIpc) is 3.83. The van der Waals surface area contributed by atoms with E-state index in [0.717, 1.165) is 60.9 Å². The zero-order valence-corrected chi connectivity index (χ0v) is 26.3. The largest absolute Gasteiger partial charge is 0.494 e. The number of nitrogens with two attached hydrogens (primary N) is 1. The number of pyridine rings is 1. The van der Waals surface area contributed by atoms with Gasteiger partial charge in [0.25, 0.3) is 11.8 Å². The summed E-state index contributed by atoms with van der Waals surface area (Å²) in [7, 11) is 3.55. The Kier molecular flexibility index (Phi) is 6.69. The second kappa shape index (κ2) is 10.5. The summed E-state index contributed by atoms with van der Waals surface area (Å²) in [5.74, 6) is -2.56. The van der Waals surface area contributed by atoms with Crippen LogP contribution in [0.3, 0.4) is 0 Å². The second-order valence-corrected chi connectivity index (χ2v) is 13.9. The number of nitrogens with zero attached hydrogens (tertiary/aromatic N) is 5. The Hall–Kier alpha value is -4.06. The highest BCUT2D eigenvalue weighted by Crippen LogP contribution is 2.49. The summed E-state index contributed by atoms with van der Waals surface area (Å²) in [6, 6.07) is 9.21. The highest BCUT2D eigenvalue weighted by atomic mass is 19.3. The van der Waals surface area contributed by atoms with Crippen LogP contribution in [0.4, 0.5) is 8.78 Å². The number of alkyl halides is 2. The van der Waals surface area contributed by atoms with Gasteiger partial charge in [0.05, 0.1) is 30.1 Å². The predicted octanol–water partition coefficient (Wildman–Crippen LogP) is 4.79. The lowest BCUT2D eigenvalue weighted by molar-refractivity contribution is -0.125. The molecule has 0 unspecified atom stereocenters. The van der Waals surface area contributed by atoms with Crippen molar-refractivity contribution in [1.29, 1.82) is 0 Å². The van der Waals surface area contributed by atoms with E-state index >= 15 is 0 Å². The first kappa shape index (κ1) is 29.3. The fourth-order valence-electron chi connectivity index (χ4n) is 7.62. The van der Waals surface area contributed by atoms with Gasteiger partial charge in [-0.15, -0.1) is 0 Å². The number of amides is 2. The number of hydrogen-bond donors (Lipinski definition) is 2. The van der Waals surface area contributed by atoms with Crippen LogP contribution in [-0.2, 0) is 18.4 Å². The van der Waals surface area contributed by atoms with Gasteiger partial charge in [0, 0.05) is 49.6 Å². The van der Waals surface area contributed by atoms with Gasteiger partial charge < -0.3 is 29.8 Å². The molecule has 0 radical (unpaired) electrons. The van der Waals surface area contributed by atoms with Crippen molar-refractivity contribution in [3.05, 3.63) is 41.6 Å². The van der Waals surface area contributed by atoms with Crippen molar-refractivity contribution in [2.75, 3.05) is 13.7 Å². The first-order valence-corrected chi connectivity index (χ1v) is 16.3. The molecule has 2 bridgehead atoms. The SMILES string of the molecule is COc1cc(C(=O)N2C[C@H](N)[C@H]3CC[C@@H]2C3)cc2nc(-c3cc4ccc([C@@H](C)NC(=O)[C@@H]5CC5(F)F)nc4n3CC3CC3)n(C)c12. The van der Waals surface area contributed by atoms with Crippen molar-refractivity contribution in [2.45, 2.75) is 76.0 Å². The first-order chi connectivity index (χ1) is 22.0. The third kappa shape index (κ3) is 4.83. The molecule has 3 N–H and O–H groups in total. The van der Waals surface area contributed by atoms with Crippen LogP contribution < -0.4 is 15.8 Å². The number of hydrogen-bond acceptors (Lipinski definition) is 6. The molecular weight excluding hydrogens is 592 g/mol. The van der Waals surface area contributed by atoms with E-state index < -0.39 is 30.2 Å². The number of fused-ring (bicyclic) bond motifs is 4. The number of nitrogens with one attached hydrogen (secondary N) is 1. The maximum atomic E-state index is 13.8. The predicted molar refractivity (Wildman–Crippen MR) is 168 cm³/mol. The zero-order valence-electron chi connectivity index (χ0n) is 26.3. The minimum Gasteiger partial charge on any atom is -0.494 e. The smallest absolute Gasteiger partial charge is 0.260 e. The molecule has 242 valence electrons. The molecule has 1 saturated heterocycles. The number of imidazole rings is 1. The van der Waals surface area contributed by atoms with Crippen LogP contribution >= 0.6 is 0 Å². The lowest BCUT2D eigenvalue weighted by Crippen LogP contribution is -2.51. The van der Waals surface area contributed by atoms with Crippen molar-refractivity contribution in [1.82, 2.24) is 29.3 Å². The summed E-state index contributed by atoms with van der Waals surface area (Å²) in [4.78, 5) is 38.2. The van der Waals surface area contributed by atoms with Crippen LogP contribution in [0, 0.1) is 17.8 Å². The molecule has 8 rings (SSSR count). The quantitative estimate of drug-likeness (QED) is 0.289. The molecule has 0 spiro atoms. The summed E-state index contributed by atoms with van der Waals surface area (Å²) in [5.41, 5.74) is 10.7. The number of methoxy groups -OCH3 is 1. The van der Waals surface area contributed by atoms with Crippen LogP contribution in [0.15, 0.2) is 30.3 Å². The van der Waals surface area contributed by atoms with E-state index in [1.165, 1.54) is 0 Å². The van der Waals surface area contributed by atoms with Crippen LogP contribution in [0.5, 0.6) is 5.75 Å². The van der Waals surface area contributed by atoms with Crippen molar-refractivity contribution in [2.24, 2.45) is 30.5 Å².